The van der Waals surface area contributed by atoms with Gasteiger partial charge in [-0.25, -0.2) is 0 Å². The maximum atomic E-state index is 12.1. The van der Waals surface area contributed by atoms with Gasteiger partial charge in [0.05, 0.1) is 4.99 Å². The Morgan fingerprint density at radius 2 is 2.11 bits per heavy atom. The molecule has 4 nitrogen and oxygen atoms in total. The fourth-order valence-electron chi connectivity index (χ4n) is 1.73. The number of aromatic nitrogens is 1. The molecule has 1 atom stereocenters. The lowest BCUT2D eigenvalue weighted by Crippen LogP contribution is -2.32. The molecule has 1 rings (SSSR count). The van der Waals surface area contributed by atoms with Crippen LogP contribution < -0.4 is 11.3 Å². The SMILES string of the molecule is CC(Cn1c(C(C)C)ccc(C#N)c1=O)C(N)=S. The molecule has 0 spiro atoms. The lowest BCUT2D eigenvalue weighted by atomic mass is 10.1. The largest absolute Gasteiger partial charge is 0.393 e. The molecule has 1 aromatic heterocycles. The van der Waals surface area contributed by atoms with Crippen LogP contribution in [0, 0.1) is 17.2 Å². The first-order chi connectivity index (χ1) is 8.38. The molecule has 0 saturated carbocycles. The molecule has 18 heavy (non-hydrogen) atoms. The molecule has 1 aromatic rings. The highest BCUT2D eigenvalue weighted by Gasteiger charge is 2.14. The highest BCUT2D eigenvalue weighted by molar-refractivity contribution is 7.80. The van der Waals surface area contributed by atoms with E-state index in [0.29, 0.717) is 11.5 Å². The van der Waals surface area contributed by atoms with Crippen molar-refractivity contribution in [3.63, 3.8) is 0 Å². The number of nitriles is 1. The van der Waals surface area contributed by atoms with Gasteiger partial charge in [0, 0.05) is 18.2 Å². The first-order valence-corrected chi connectivity index (χ1v) is 6.22. The van der Waals surface area contributed by atoms with Crippen LogP contribution in [0.2, 0.25) is 0 Å². The Bertz CT molecular complexity index is 554. The van der Waals surface area contributed by atoms with Crippen LogP contribution in [0.25, 0.3) is 0 Å². The highest BCUT2D eigenvalue weighted by atomic mass is 32.1. The van der Waals surface area contributed by atoms with Gasteiger partial charge in [0.15, 0.2) is 0 Å². The zero-order valence-corrected chi connectivity index (χ0v) is 11.6. The molecule has 1 heterocycles. The van der Waals surface area contributed by atoms with Gasteiger partial charge < -0.3 is 10.3 Å². The molecule has 0 fully saturated rings. The predicted molar refractivity (Wildman–Crippen MR) is 75.5 cm³/mol. The number of nitrogens with two attached hydrogens (primary N) is 1. The van der Waals surface area contributed by atoms with Crippen molar-refractivity contribution >= 4 is 17.2 Å². The normalized spacial score (nSPS) is 12.2. The van der Waals surface area contributed by atoms with Crippen molar-refractivity contribution in [2.24, 2.45) is 11.7 Å². The number of hydrogen-bond acceptors (Lipinski definition) is 3. The zero-order chi connectivity index (χ0) is 13.9. The lowest BCUT2D eigenvalue weighted by molar-refractivity contribution is 0.543. The van der Waals surface area contributed by atoms with Gasteiger partial charge in [-0.05, 0) is 18.1 Å². The van der Waals surface area contributed by atoms with Crippen LogP contribution in [-0.4, -0.2) is 9.56 Å². The summed E-state index contributed by atoms with van der Waals surface area (Å²) in [5.74, 6) is 0.119. The van der Waals surface area contributed by atoms with Gasteiger partial charge in [-0.15, -0.1) is 0 Å². The Morgan fingerprint density at radius 1 is 1.50 bits per heavy atom. The smallest absolute Gasteiger partial charge is 0.268 e. The van der Waals surface area contributed by atoms with Crippen LogP contribution in [0.15, 0.2) is 16.9 Å². The summed E-state index contributed by atoms with van der Waals surface area (Å²) in [5, 5.41) is 8.90. The molecule has 0 aliphatic heterocycles. The van der Waals surface area contributed by atoms with Crippen molar-refractivity contribution < 1.29 is 0 Å². The van der Waals surface area contributed by atoms with E-state index in [9.17, 15) is 4.79 Å². The summed E-state index contributed by atoms with van der Waals surface area (Å²) in [6.07, 6.45) is 0. The van der Waals surface area contributed by atoms with Gasteiger partial charge in [-0.1, -0.05) is 33.0 Å². The minimum Gasteiger partial charge on any atom is -0.393 e. The van der Waals surface area contributed by atoms with E-state index >= 15 is 0 Å². The van der Waals surface area contributed by atoms with Crippen molar-refractivity contribution in [3.05, 3.63) is 33.7 Å². The van der Waals surface area contributed by atoms with E-state index in [4.69, 9.17) is 23.2 Å². The molecule has 0 saturated heterocycles. The van der Waals surface area contributed by atoms with E-state index in [1.54, 1.807) is 10.6 Å². The molecular weight excluding hydrogens is 246 g/mol. The summed E-state index contributed by atoms with van der Waals surface area (Å²) in [5.41, 5.74) is 6.35. The first-order valence-electron chi connectivity index (χ1n) is 5.81. The van der Waals surface area contributed by atoms with Gasteiger partial charge in [-0.3, -0.25) is 4.79 Å². The van der Waals surface area contributed by atoms with Gasteiger partial charge in [0.1, 0.15) is 11.6 Å². The van der Waals surface area contributed by atoms with E-state index in [1.807, 2.05) is 32.9 Å². The number of rotatable bonds is 4. The second kappa shape index (κ2) is 5.78. The molecule has 0 radical (unpaired) electrons. The third-order valence-electron chi connectivity index (χ3n) is 2.86. The quantitative estimate of drug-likeness (QED) is 0.840. The first kappa shape index (κ1) is 14.4. The topological polar surface area (TPSA) is 71.8 Å². The third-order valence-corrected chi connectivity index (χ3v) is 3.26. The van der Waals surface area contributed by atoms with Crippen LogP contribution in [0.3, 0.4) is 0 Å². The average Bonchev–Trinajstić information content (AvgIpc) is 2.30. The van der Waals surface area contributed by atoms with E-state index < -0.39 is 0 Å². The minimum atomic E-state index is -0.271. The summed E-state index contributed by atoms with van der Waals surface area (Å²) in [6.45, 7) is 6.29. The molecule has 0 aromatic carbocycles. The molecule has 96 valence electrons. The van der Waals surface area contributed by atoms with Crippen LogP contribution in [0.5, 0.6) is 0 Å². The number of pyridine rings is 1. The van der Waals surface area contributed by atoms with Crippen LogP contribution in [-0.2, 0) is 6.54 Å². The van der Waals surface area contributed by atoms with Crippen molar-refractivity contribution in [1.29, 1.82) is 5.26 Å². The molecule has 0 aliphatic carbocycles. The fraction of sp³-hybridized carbons (Fsp3) is 0.462. The standard InChI is InChI=1S/C13H17N3OS/c1-8(2)11-5-4-10(6-14)13(17)16(11)7-9(3)12(15)18/h4-5,8-9H,7H2,1-3H3,(H2,15,18). The zero-order valence-electron chi connectivity index (χ0n) is 10.8. The van der Waals surface area contributed by atoms with E-state index in [-0.39, 0.29) is 23.0 Å². The Hall–Kier alpha value is -1.67. The molecule has 0 amide bonds. The summed E-state index contributed by atoms with van der Waals surface area (Å²) in [4.78, 5) is 12.5. The van der Waals surface area contributed by atoms with Crippen LogP contribution >= 0.6 is 12.2 Å². The molecular formula is C13H17N3OS. The number of nitrogens with zero attached hydrogens (tertiary/aromatic N) is 2. The second-order valence-electron chi connectivity index (χ2n) is 4.66. The van der Waals surface area contributed by atoms with E-state index in [1.165, 1.54) is 0 Å². The van der Waals surface area contributed by atoms with Gasteiger partial charge in [0.25, 0.3) is 5.56 Å². The van der Waals surface area contributed by atoms with Crippen molar-refractivity contribution in [1.82, 2.24) is 4.57 Å². The molecule has 1 unspecified atom stereocenters. The predicted octanol–water partition coefficient (Wildman–Crippen LogP) is 1.77. The minimum absolute atomic E-state index is 0.0795. The van der Waals surface area contributed by atoms with Crippen molar-refractivity contribution in [3.8, 4) is 6.07 Å². The lowest BCUT2D eigenvalue weighted by Gasteiger charge is -2.18. The monoisotopic (exact) mass is 263 g/mol. The van der Waals surface area contributed by atoms with E-state index in [0.717, 1.165) is 5.69 Å². The maximum Gasteiger partial charge on any atom is 0.268 e. The van der Waals surface area contributed by atoms with Crippen molar-refractivity contribution in [2.45, 2.75) is 33.2 Å². The second-order valence-corrected chi connectivity index (χ2v) is 5.13. The fourth-order valence-corrected chi connectivity index (χ4v) is 1.81. The molecule has 2 N–H and O–H groups in total. The Morgan fingerprint density at radius 3 is 2.56 bits per heavy atom. The van der Waals surface area contributed by atoms with E-state index in [2.05, 4.69) is 0 Å². The summed E-state index contributed by atoms with van der Waals surface area (Å²) in [6, 6.07) is 5.29. The molecule has 0 bridgehead atoms. The average molecular weight is 263 g/mol. The maximum absolute atomic E-state index is 12.1. The van der Waals surface area contributed by atoms with Crippen LogP contribution in [0.1, 0.15) is 37.9 Å². The Kier molecular flexibility index (Phi) is 4.62. The van der Waals surface area contributed by atoms with Crippen LogP contribution in [0.4, 0.5) is 0 Å². The number of thiocarbonyl (C=S) groups is 1. The van der Waals surface area contributed by atoms with Crippen molar-refractivity contribution in [2.75, 3.05) is 0 Å². The van der Waals surface area contributed by atoms with Gasteiger partial charge >= 0.3 is 0 Å². The Labute approximate surface area is 112 Å². The highest BCUT2D eigenvalue weighted by Crippen LogP contribution is 2.14. The van der Waals surface area contributed by atoms with Gasteiger partial charge in [0.2, 0.25) is 0 Å². The third kappa shape index (κ3) is 2.96. The van der Waals surface area contributed by atoms with Gasteiger partial charge in [-0.2, -0.15) is 5.26 Å². The summed E-state index contributed by atoms with van der Waals surface area (Å²) in [7, 11) is 0. The molecule has 5 heteroatoms. The summed E-state index contributed by atoms with van der Waals surface area (Å²) >= 11 is 4.93. The number of hydrogen-bond donors (Lipinski definition) is 1. The summed E-state index contributed by atoms with van der Waals surface area (Å²) < 4.78 is 1.60. The molecule has 0 aliphatic rings. The Balaban J connectivity index is 3.34.